The van der Waals surface area contributed by atoms with Gasteiger partial charge in [0, 0.05) is 32.4 Å². The molecule has 1 aromatic rings. The molecule has 0 aromatic carbocycles. The number of halogens is 3. The topological polar surface area (TPSA) is 37.8 Å². The lowest BCUT2D eigenvalue weighted by atomic mass is 10.0. The number of pyridine rings is 1. The van der Waals surface area contributed by atoms with E-state index in [9.17, 15) is 13.2 Å². The second-order valence-corrected chi connectivity index (χ2v) is 9.21. The van der Waals surface area contributed by atoms with Crippen molar-refractivity contribution in [1.29, 1.82) is 0 Å². The van der Waals surface area contributed by atoms with Crippen molar-refractivity contribution in [3.63, 3.8) is 0 Å². The first kappa shape index (κ1) is 23.8. The van der Waals surface area contributed by atoms with Crippen molar-refractivity contribution >= 4 is 11.8 Å². The fraction of sp³-hybridized carbons (Fsp3) is 0.458. The summed E-state index contributed by atoms with van der Waals surface area (Å²) < 4.78 is 49.4. The van der Waals surface area contributed by atoms with Crippen LogP contribution < -0.4 is 0 Å². The van der Waals surface area contributed by atoms with E-state index >= 15 is 0 Å². The van der Waals surface area contributed by atoms with E-state index in [4.69, 9.17) is 9.47 Å². The van der Waals surface area contributed by atoms with Crippen molar-refractivity contribution < 1.29 is 22.6 Å². The van der Waals surface area contributed by atoms with Crippen LogP contribution in [0.1, 0.15) is 31.2 Å². The molecule has 4 rings (SSSR count). The van der Waals surface area contributed by atoms with Gasteiger partial charge in [-0.1, -0.05) is 18.2 Å². The maximum Gasteiger partial charge on any atom is 0.417 e. The van der Waals surface area contributed by atoms with E-state index in [1.165, 1.54) is 17.8 Å². The molecule has 0 N–H and O–H groups in total. The van der Waals surface area contributed by atoms with Crippen LogP contribution in [0.2, 0.25) is 0 Å². The molecule has 0 atom stereocenters. The molecule has 0 saturated carbocycles. The van der Waals surface area contributed by atoms with Crippen molar-refractivity contribution in [3.8, 4) is 0 Å². The summed E-state index contributed by atoms with van der Waals surface area (Å²) in [4.78, 5) is 8.54. The molecule has 1 aromatic heterocycles. The van der Waals surface area contributed by atoms with Crippen molar-refractivity contribution in [2.24, 2.45) is 0 Å². The lowest BCUT2D eigenvalue weighted by Gasteiger charge is -2.36. The van der Waals surface area contributed by atoms with Crippen LogP contribution in [0.4, 0.5) is 13.2 Å². The van der Waals surface area contributed by atoms with Crippen LogP contribution in [0, 0.1) is 0 Å². The van der Waals surface area contributed by atoms with E-state index in [0.717, 1.165) is 93.6 Å². The molecule has 0 radical (unpaired) electrons. The fourth-order valence-corrected chi connectivity index (χ4v) is 4.68. The number of nitrogens with zero attached hydrogens (tertiary/aromatic N) is 3. The minimum Gasteiger partial charge on any atom is -0.456 e. The van der Waals surface area contributed by atoms with Gasteiger partial charge in [0.15, 0.2) is 12.0 Å². The number of hydrogen-bond donors (Lipinski definition) is 0. The molecule has 0 unspecified atom stereocenters. The van der Waals surface area contributed by atoms with Gasteiger partial charge in [0.1, 0.15) is 6.26 Å². The van der Waals surface area contributed by atoms with E-state index in [-0.39, 0.29) is 0 Å². The molecule has 1 saturated heterocycles. The van der Waals surface area contributed by atoms with E-state index in [1.807, 2.05) is 6.08 Å². The van der Waals surface area contributed by atoms with Gasteiger partial charge in [-0.2, -0.15) is 13.2 Å². The molecule has 3 aliphatic rings. The summed E-state index contributed by atoms with van der Waals surface area (Å²) in [7, 11) is 0. The minimum atomic E-state index is -4.34. The van der Waals surface area contributed by atoms with Gasteiger partial charge in [0.25, 0.3) is 0 Å². The Morgan fingerprint density at radius 1 is 1.03 bits per heavy atom. The Morgan fingerprint density at radius 2 is 1.88 bits per heavy atom. The number of hydrogen-bond acceptors (Lipinski definition) is 6. The van der Waals surface area contributed by atoms with Crippen LogP contribution >= 0.6 is 11.8 Å². The first-order valence-corrected chi connectivity index (χ1v) is 12.2. The lowest BCUT2D eigenvalue weighted by Crippen LogP contribution is -2.46. The Bertz CT molecular complexity index is 918. The van der Waals surface area contributed by atoms with Crippen LogP contribution in [0.3, 0.4) is 0 Å². The molecule has 1 fully saturated rings. The van der Waals surface area contributed by atoms with Crippen molar-refractivity contribution in [2.45, 2.75) is 36.9 Å². The zero-order valence-corrected chi connectivity index (χ0v) is 19.2. The number of allylic oxidation sites excluding steroid dienone is 4. The van der Waals surface area contributed by atoms with Gasteiger partial charge in [-0.3, -0.25) is 4.90 Å². The first-order valence-electron chi connectivity index (χ1n) is 11.2. The second-order valence-electron chi connectivity index (χ2n) is 8.10. The first-order chi connectivity index (χ1) is 16.0. The van der Waals surface area contributed by atoms with Crippen LogP contribution in [0.15, 0.2) is 71.3 Å². The highest BCUT2D eigenvalue weighted by Crippen LogP contribution is 2.30. The van der Waals surface area contributed by atoms with Crippen LogP contribution in [0.25, 0.3) is 0 Å². The van der Waals surface area contributed by atoms with Crippen molar-refractivity contribution in [1.82, 2.24) is 14.8 Å². The van der Waals surface area contributed by atoms with Gasteiger partial charge < -0.3 is 14.4 Å². The standard InChI is InChI=1S/C24H28F3N3O2S/c25-24(26,27)20-8-9-22(28-16-20)33-15-5-4-10-29-11-13-30(14-12-29)23-18-31-21(17-32-23)19-6-2-1-3-7-19/h1-2,6,8-9,16-18H,3-5,7,10-15H2. The van der Waals surface area contributed by atoms with Gasteiger partial charge >= 0.3 is 6.18 Å². The number of unbranched alkanes of at least 4 members (excludes halogenated alkanes) is 1. The van der Waals surface area contributed by atoms with Gasteiger partial charge in [0.2, 0.25) is 5.88 Å². The number of alkyl halides is 3. The minimum absolute atomic E-state index is 0.632. The largest absolute Gasteiger partial charge is 0.456 e. The van der Waals surface area contributed by atoms with E-state index < -0.39 is 11.7 Å². The molecule has 2 aliphatic heterocycles. The number of rotatable bonds is 8. The molecule has 33 heavy (non-hydrogen) atoms. The average Bonchev–Trinajstić information content (AvgIpc) is 2.85. The quantitative estimate of drug-likeness (QED) is 0.359. The molecule has 1 aliphatic carbocycles. The summed E-state index contributed by atoms with van der Waals surface area (Å²) in [5.74, 6) is 2.38. The SMILES string of the molecule is FC(F)(F)c1ccc(SCCCCN2CCN(C3=COC(C4=CC=CCC4)=CO3)CC2)nc1. The molecule has 0 spiro atoms. The Balaban J connectivity index is 1.10. The van der Waals surface area contributed by atoms with E-state index in [0.29, 0.717) is 5.03 Å². The Kier molecular flexibility index (Phi) is 8.03. The Hall–Kier alpha value is -2.39. The van der Waals surface area contributed by atoms with Crippen molar-refractivity contribution in [2.75, 3.05) is 38.5 Å². The molecule has 0 bridgehead atoms. The molecule has 5 nitrogen and oxygen atoms in total. The maximum atomic E-state index is 12.6. The summed E-state index contributed by atoms with van der Waals surface area (Å²) in [6.45, 7) is 4.70. The van der Waals surface area contributed by atoms with Crippen molar-refractivity contribution in [3.05, 3.63) is 71.9 Å². The van der Waals surface area contributed by atoms with Gasteiger partial charge in [-0.25, -0.2) is 4.98 Å². The third-order valence-electron chi connectivity index (χ3n) is 5.77. The smallest absolute Gasteiger partial charge is 0.417 e. The molecular formula is C24H28F3N3O2S. The lowest BCUT2D eigenvalue weighted by molar-refractivity contribution is -0.137. The zero-order chi connectivity index (χ0) is 23.1. The molecule has 0 amide bonds. The maximum absolute atomic E-state index is 12.6. The number of ether oxygens (including phenoxy) is 2. The third kappa shape index (κ3) is 6.80. The predicted octanol–water partition coefficient (Wildman–Crippen LogP) is 5.55. The predicted molar refractivity (Wildman–Crippen MR) is 122 cm³/mol. The zero-order valence-electron chi connectivity index (χ0n) is 18.4. The number of piperazine rings is 1. The molecule has 9 heteroatoms. The van der Waals surface area contributed by atoms with Gasteiger partial charge in [-0.15, -0.1) is 11.8 Å². The number of aromatic nitrogens is 1. The highest BCUT2D eigenvalue weighted by molar-refractivity contribution is 7.99. The molecule has 178 valence electrons. The highest BCUT2D eigenvalue weighted by Gasteiger charge is 2.30. The average molecular weight is 480 g/mol. The third-order valence-corrected chi connectivity index (χ3v) is 6.80. The van der Waals surface area contributed by atoms with E-state index in [1.54, 1.807) is 12.5 Å². The normalized spacial score (nSPS) is 19.4. The summed E-state index contributed by atoms with van der Waals surface area (Å²) in [5, 5.41) is 0.632. The van der Waals surface area contributed by atoms with Crippen LogP contribution in [-0.4, -0.2) is 53.3 Å². The second kappa shape index (κ2) is 11.2. The Labute approximate surface area is 196 Å². The highest BCUT2D eigenvalue weighted by atomic mass is 32.2. The summed E-state index contributed by atoms with van der Waals surface area (Å²) in [5.41, 5.74) is 0.451. The van der Waals surface area contributed by atoms with Gasteiger partial charge in [-0.05, 0) is 55.7 Å². The number of thioether (sulfide) groups is 1. The fourth-order valence-electron chi connectivity index (χ4n) is 3.83. The van der Waals surface area contributed by atoms with Crippen LogP contribution in [-0.2, 0) is 15.7 Å². The van der Waals surface area contributed by atoms with Crippen LogP contribution in [0.5, 0.6) is 0 Å². The molecule has 3 heterocycles. The summed E-state index contributed by atoms with van der Waals surface area (Å²) in [6.07, 6.45) is 10.3. The monoisotopic (exact) mass is 479 g/mol. The summed E-state index contributed by atoms with van der Waals surface area (Å²) >= 11 is 1.50. The van der Waals surface area contributed by atoms with Gasteiger partial charge in [0.05, 0.1) is 10.6 Å². The summed E-state index contributed by atoms with van der Waals surface area (Å²) in [6, 6.07) is 2.53. The molecular weight excluding hydrogens is 451 g/mol. The van der Waals surface area contributed by atoms with E-state index in [2.05, 4.69) is 26.9 Å². The Morgan fingerprint density at radius 3 is 2.52 bits per heavy atom.